The zero-order valence-electron chi connectivity index (χ0n) is 27.6. The minimum absolute atomic E-state index is 0.0382. The number of halogens is 3. The van der Waals surface area contributed by atoms with Crippen molar-refractivity contribution in [2.24, 2.45) is 5.92 Å². The summed E-state index contributed by atoms with van der Waals surface area (Å²) in [7, 11) is -3.13. The molecule has 0 aliphatic heterocycles. The number of methoxy groups -OCH3 is 1. The number of aliphatic hydroxyl groups excluding tert-OH is 1. The highest BCUT2D eigenvalue weighted by atomic mass is 32.2. The van der Waals surface area contributed by atoms with Crippen LogP contribution in [0, 0.1) is 5.92 Å². The minimum atomic E-state index is -5.00. The van der Waals surface area contributed by atoms with Gasteiger partial charge in [-0.2, -0.15) is 17.5 Å². The van der Waals surface area contributed by atoms with E-state index in [0.717, 1.165) is 30.3 Å². The number of nitrogens with one attached hydrogen (secondary N) is 2. The molecule has 3 aromatic carbocycles. The summed E-state index contributed by atoms with van der Waals surface area (Å²) >= 11 is 0.633. The number of alkyl halides is 3. The van der Waals surface area contributed by atoms with E-state index in [0.29, 0.717) is 40.5 Å². The van der Waals surface area contributed by atoms with E-state index in [1.807, 2.05) is 0 Å². The normalized spacial score (nSPS) is 15.3. The van der Waals surface area contributed by atoms with E-state index in [1.165, 1.54) is 30.3 Å². The Balaban J connectivity index is 1.49. The standard InChI is InChI=1S/C36H39F3N4O6S2/c1-49-35(46)41-32(31(24-8-4-2-5-9-24)25-10-6-3-7-11-25)34(45)42-33(36(37,38)39)30-19-18-29(50-30)28(22-44)43(21-20-23-12-13-23)51(47,48)27-16-14-26(40)15-17-27/h2-11,14-19,23,28,31-33,44H,12-13,20-22,40H2,1H3,(H,41,46)(H,42,45). The molecule has 1 aromatic heterocycles. The highest BCUT2D eigenvalue weighted by Gasteiger charge is 2.46. The van der Waals surface area contributed by atoms with Gasteiger partial charge in [-0.3, -0.25) is 4.79 Å². The molecule has 10 nitrogen and oxygen atoms in total. The van der Waals surface area contributed by atoms with Crippen molar-refractivity contribution in [3.8, 4) is 0 Å². The van der Waals surface area contributed by atoms with Crippen molar-refractivity contribution in [2.45, 2.75) is 54.4 Å². The first-order chi connectivity index (χ1) is 24.3. The number of carbonyl (C=O) groups excluding carboxylic acids is 2. The Morgan fingerprint density at radius 3 is 2.00 bits per heavy atom. The summed E-state index contributed by atoms with van der Waals surface area (Å²) in [5, 5.41) is 15.1. The number of alkyl carbamates (subject to hydrolysis) is 1. The number of nitrogens with two attached hydrogens (primary N) is 1. The summed E-state index contributed by atoms with van der Waals surface area (Å²) in [6.07, 6.45) is -3.62. The summed E-state index contributed by atoms with van der Waals surface area (Å²) in [6.45, 7) is -0.667. The van der Waals surface area contributed by atoms with Crippen LogP contribution in [0.3, 0.4) is 0 Å². The van der Waals surface area contributed by atoms with Crippen molar-refractivity contribution in [1.29, 1.82) is 0 Å². The van der Waals surface area contributed by atoms with E-state index in [2.05, 4.69) is 10.6 Å². The minimum Gasteiger partial charge on any atom is -0.453 e. The molecule has 15 heteroatoms. The van der Waals surface area contributed by atoms with E-state index in [-0.39, 0.29) is 21.2 Å². The van der Waals surface area contributed by atoms with Gasteiger partial charge in [-0.25, -0.2) is 13.2 Å². The predicted molar refractivity (Wildman–Crippen MR) is 187 cm³/mol. The fraction of sp³-hybridized carbons (Fsp3) is 0.333. The third-order valence-corrected chi connectivity index (χ3v) is 11.9. The van der Waals surface area contributed by atoms with Crippen LogP contribution in [0.4, 0.5) is 23.7 Å². The van der Waals surface area contributed by atoms with Crippen LogP contribution in [0.25, 0.3) is 0 Å². The van der Waals surface area contributed by atoms with Crippen molar-refractivity contribution >= 4 is 39.0 Å². The molecule has 5 N–H and O–H groups in total. The summed E-state index contributed by atoms with van der Waals surface area (Å²) in [6, 6.07) is 19.9. The van der Waals surface area contributed by atoms with Gasteiger partial charge in [0.25, 0.3) is 0 Å². The second-order valence-electron chi connectivity index (χ2n) is 12.3. The third-order valence-electron chi connectivity index (χ3n) is 8.73. The number of sulfonamides is 1. The molecule has 1 aliphatic rings. The number of carbonyl (C=O) groups is 2. The Kier molecular flexibility index (Phi) is 12.1. The van der Waals surface area contributed by atoms with Crippen LogP contribution in [0.5, 0.6) is 0 Å². The van der Waals surface area contributed by atoms with E-state index < -0.39 is 58.9 Å². The summed E-state index contributed by atoms with van der Waals surface area (Å²) in [5.74, 6) is -1.72. The predicted octanol–water partition coefficient (Wildman–Crippen LogP) is 6.13. The zero-order valence-corrected chi connectivity index (χ0v) is 29.3. The number of thiophene rings is 1. The van der Waals surface area contributed by atoms with Gasteiger partial charge in [-0.15, -0.1) is 11.3 Å². The SMILES string of the molecule is COC(=O)NC(C(=O)NC(c1ccc(C(CO)N(CCC2CC2)S(=O)(=O)c2ccc(N)cc2)s1)C(F)(F)F)C(c1ccccc1)c1ccccc1. The fourth-order valence-corrected chi connectivity index (χ4v) is 8.76. The van der Waals surface area contributed by atoms with Gasteiger partial charge < -0.3 is 26.2 Å². The van der Waals surface area contributed by atoms with Crippen LogP contribution < -0.4 is 16.4 Å². The molecule has 0 radical (unpaired) electrons. The molecule has 2 amide bonds. The lowest BCUT2D eigenvalue weighted by Crippen LogP contribution is -2.52. The zero-order chi connectivity index (χ0) is 36.8. The first kappa shape index (κ1) is 37.8. The quantitative estimate of drug-likeness (QED) is 0.107. The molecule has 0 spiro atoms. The van der Waals surface area contributed by atoms with Gasteiger partial charge in [-0.1, -0.05) is 73.5 Å². The van der Waals surface area contributed by atoms with Crippen molar-refractivity contribution in [3.63, 3.8) is 0 Å². The van der Waals surface area contributed by atoms with Crippen LogP contribution in [-0.2, 0) is 19.6 Å². The van der Waals surface area contributed by atoms with Crippen molar-refractivity contribution in [1.82, 2.24) is 14.9 Å². The Bertz CT molecular complexity index is 1830. The first-order valence-corrected chi connectivity index (χ1v) is 18.5. The van der Waals surface area contributed by atoms with Gasteiger partial charge in [0.15, 0.2) is 6.04 Å². The van der Waals surface area contributed by atoms with E-state index in [1.54, 1.807) is 60.7 Å². The molecule has 3 atom stereocenters. The van der Waals surface area contributed by atoms with Crippen LogP contribution in [-0.4, -0.2) is 62.3 Å². The smallest absolute Gasteiger partial charge is 0.413 e. The first-order valence-electron chi connectivity index (χ1n) is 16.2. The maximum Gasteiger partial charge on any atom is 0.413 e. The van der Waals surface area contributed by atoms with Crippen LogP contribution in [0.2, 0.25) is 0 Å². The molecule has 1 aliphatic carbocycles. The van der Waals surface area contributed by atoms with Crippen molar-refractivity contribution in [3.05, 3.63) is 118 Å². The number of nitrogens with zero attached hydrogens (tertiary/aromatic N) is 1. The van der Waals surface area contributed by atoms with Crippen molar-refractivity contribution < 1.29 is 41.0 Å². The second kappa shape index (κ2) is 16.3. The monoisotopic (exact) mass is 744 g/mol. The number of hydrogen-bond donors (Lipinski definition) is 4. The molecule has 1 fully saturated rings. The number of anilines is 1. The molecule has 272 valence electrons. The summed E-state index contributed by atoms with van der Waals surface area (Å²) in [5.41, 5.74) is 7.22. The van der Waals surface area contributed by atoms with E-state index >= 15 is 0 Å². The van der Waals surface area contributed by atoms with Gasteiger partial charge in [0, 0.05) is 27.9 Å². The van der Waals surface area contributed by atoms with Gasteiger partial charge >= 0.3 is 12.3 Å². The van der Waals surface area contributed by atoms with Crippen LogP contribution in [0.1, 0.15) is 58.1 Å². The lowest BCUT2D eigenvalue weighted by Gasteiger charge is -2.30. The fourth-order valence-electron chi connectivity index (χ4n) is 5.89. The van der Waals surface area contributed by atoms with Crippen molar-refractivity contribution in [2.75, 3.05) is 26.0 Å². The molecule has 3 unspecified atom stereocenters. The highest BCUT2D eigenvalue weighted by Crippen LogP contribution is 2.41. The average molecular weight is 745 g/mol. The second-order valence-corrected chi connectivity index (χ2v) is 15.3. The maximum absolute atomic E-state index is 14.8. The highest BCUT2D eigenvalue weighted by molar-refractivity contribution is 7.89. The third kappa shape index (κ3) is 9.27. The van der Waals surface area contributed by atoms with Gasteiger partial charge in [-0.05, 0) is 59.9 Å². The number of hydrogen-bond acceptors (Lipinski definition) is 8. The molecule has 5 rings (SSSR count). The number of aliphatic hydroxyl groups is 1. The summed E-state index contributed by atoms with van der Waals surface area (Å²) < 4.78 is 78.1. The van der Waals surface area contributed by atoms with Crippen LogP contribution in [0.15, 0.2) is 102 Å². The number of benzene rings is 3. The molecular weight excluding hydrogens is 706 g/mol. The van der Waals surface area contributed by atoms with E-state index in [9.17, 15) is 36.3 Å². The Labute approximate surface area is 298 Å². The van der Waals surface area contributed by atoms with Crippen LogP contribution >= 0.6 is 11.3 Å². The average Bonchev–Trinajstić information content (AvgIpc) is 3.83. The molecule has 1 saturated carbocycles. The molecule has 1 heterocycles. The maximum atomic E-state index is 14.8. The molecule has 51 heavy (non-hydrogen) atoms. The molecule has 0 bridgehead atoms. The number of rotatable bonds is 15. The largest absolute Gasteiger partial charge is 0.453 e. The van der Waals surface area contributed by atoms with Gasteiger partial charge in [0.2, 0.25) is 15.9 Å². The Morgan fingerprint density at radius 2 is 1.49 bits per heavy atom. The molecule has 4 aromatic rings. The lowest BCUT2D eigenvalue weighted by molar-refractivity contribution is -0.163. The number of nitrogen functional groups attached to an aromatic ring is 1. The van der Waals surface area contributed by atoms with Gasteiger partial charge in [0.05, 0.1) is 24.7 Å². The Morgan fingerprint density at radius 1 is 0.922 bits per heavy atom. The van der Waals surface area contributed by atoms with E-state index in [4.69, 9.17) is 10.5 Å². The number of amides is 2. The molecular formula is C36H39F3N4O6S2. The summed E-state index contributed by atoms with van der Waals surface area (Å²) in [4.78, 5) is 26.2. The Hall–Kier alpha value is -4.44. The number of ether oxygens (including phenoxy) is 1. The lowest BCUT2D eigenvalue weighted by atomic mass is 9.84. The molecule has 0 saturated heterocycles. The van der Waals surface area contributed by atoms with Gasteiger partial charge in [0.1, 0.15) is 6.04 Å². The topological polar surface area (TPSA) is 151 Å².